The first kappa shape index (κ1) is 17.4. The molecule has 0 atom stereocenters. The Morgan fingerprint density at radius 3 is 2.54 bits per heavy atom. The van der Waals surface area contributed by atoms with Crippen LogP contribution in [0.1, 0.15) is 28.4 Å². The lowest BCUT2D eigenvalue weighted by Gasteiger charge is -2.06. The molecule has 0 N–H and O–H groups in total. The van der Waals surface area contributed by atoms with E-state index >= 15 is 0 Å². The van der Waals surface area contributed by atoms with Crippen molar-refractivity contribution < 1.29 is 23.5 Å². The second-order valence-electron chi connectivity index (χ2n) is 4.88. The van der Waals surface area contributed by atoms with E-state index in [-0.39, 0.29) is 24.3 Å². The van der Waals surface area contributed by atoms with Gasteiger partial charge < -0.3 is 9.47 Å². The Balaban J connectivity index is 2.06. The second-order valence-corrected chi connectivity index (χ2v) is 4.88. The lowest BCUT2D eigenvalue weighted by atomic mass is 10.1. The summed E-state index contributed by atoms with van der Waals surface area (Å²) in [6.45, 7) is 2.02. The molecule has 5 heteroatoms. The first-order chi connectivity index (χ1) is 11.6. The molecule has 0 unspecified atom stereocenters. The van der Waals surface area contributed by atoms with E-state index in [1.807, 2.05) is 30.3 Å². The zero-order chi connectivity index (χ0) is 17.4. The third kappa shape index (κ3) is 5.05. The smallest absolute Gasteiger partial charge is 0.338 e. The molecule has 0 fully saturated rings. The highest BCUT2D eigenvalue weighted by Crippen LogP contribution is 2.15. The van der Waals surface area contributed by atoms with E-state index in [4.69, 9.17) is 9.47 Å². The molecular formula is C19H17FO4. The Morgan fingerprint density at radius 1 is 1.08 bits per heavy atom. The molecule has 0 heterocycles. The zero-order valence-corrected chi connectivity index (χ0v) is 13.2. The molecule has 2 rings (SSSR count). The van der Waals surface area contributed by atoms with Crippen molar-refractivity contribution >= 4 is 18.0 Å². The van der Waals surface area contributed by atoms with Crippen LogP contribution in [0.2, 0.25) is 0 Å². The minimum absolute atomic E-state index is 0.137. The number of hydrogen-bond acceptors (Lipinski definition) is 4. The maximum atomic E-state index is 13.4. The minimum Gasteiger partial charge on any atom is -0.462 e. The largest absolute Gasteiger partial charge is 0.462 e. The molecule has 124 valence electrons. The lowest BCUT2D eigenvalue weighted by molar-refractivity contribution is -0.138. The van der Waals surface area contributed by atoms with Gasteiger partial charge in [0.2, 0.25) is 0 Å². The van der Waals surface area contributed by atoms with E-state index < -0.39 is 17.8 Å². The van der Waals surface area contributed by atoms with Crippen LogP contribution in [-0.4, -0.2) is 18.5 Å². The van der Waals surface area contributed by atoms with Crippen LogP contribution < -0.4 is 0 Å². The molecule has 2 aromatic rings. The van der Waals surface area contributed by atoms with E-state index in [2.05, 4.69) is 0 Å². The van der Waals surface area contributed by atoms with Gasteiger partial charge in [0.05, 0.1) is 12.2 Å². The van der Waals surface area contributed by atoms with Crippen molar-refractivity contribution in [2.24, 2.45) is 0 Å². The fourth-order valence-electron chi connectivity index (χ4n) is 2.00. The van der Waals surface area contributed by atoms with Gasteiger partial charge in [0.1, 0.15) is 12.4 Å². The normalized spacial score (nSPS) is 10.6. The Kier molecular flexibility index (Phi) is 6.25. The van der Waals surface area contributed by atoms with E-state index in [0.717, 1.165) is 23.8 Å². The molecule has 0 amide bonds. The van der Waals surface area contributed by atoms with Crippen LogP contribution in [-0.2, 0) is 20.9 Å². The SMILES string of the molecule is CCOC(=O)c1ccc(F)cc1/C=C/C(=O)OCc1ccccc1. The second kappa shape index (κ2) is 8.62. The number of benzene rings is 2. The van der Waals surface area contributed by atoms with Gasteiger partial charge in [0.25, 0.3) is 0 Å². The number of rotatable bonds is 6. The van der Waals surface area contributed by atoms with Gasteiger partial charge in [-0.25, -0.2) is 14.0 Å². The Hall–Kier alpha value is -2.95. The molecule has 0 aliphatic carbocycles. The van der Waals surface area contributed by atoms with Crippen LogP contribution in [0.5, 0.6) is 0 Å². The van der Waals surface area contributed by atoms with E-state index in [1.54, 1.807) is 6.92 Å². The van der Waals surface area contributed by atoms with Gasteiger partial charge in [-0.3, -0.25) is 0 Å². The predicted octanol–water partition coefficient (Wildman–Crippen LogP) is 3.76. The third-order valence-corrected chi connectivity index (χ3v) is 3.13. The number of halogens is 1. The topological polar surface area (TPSA) is 52.6 Å². The summed E-state index contributed by atoms with van der Waals surface area (Å²) in [5.74, 6) is -1.67. The molecule has 0 aliphatic rings. The third-order valence-electron chi connectivity index (χ3n) is 3.13. The van der Waals surface area contributed by atoms with Crippen LogP contribution in [0.25, 0.3) is 6.08 Å². The molecule has 0 spiro atoms. The van der Waals surface area contributed by atoms with Crippen LogP contribution in [0.15, 0.2) is 54.6 Å². The summed E-state index contributed by atoms with van der Waals surface area (Å²) in [6, 6.07) is 12.9. The van der Waals surface area contributed by atoms with E-state index in [9.17, 15) is 14.0 Å². The van der Waals surface area contributed by atoms with Crippen molar-refractivity contribution in [3.63, 3.8) is 0 Å². The quantitative estimate of drug-likeness (QED) is 0.598. The molecule has 0 aromatic heterocycles. The maximum absolute atomic E-state index is 13.4. The highest BCUT2D eigenvalue weighted by Gasteiger charge is 2.12. The highest BCUT2D eigenvalue weighted by atomic mass is 19.1. The highest BCUT2D eigenvalue weighted by molar-refractivity contribution is 5.95. The van der Waals surface area contributed by atoms with Crippen molar-refractivity contribution in [2.45, 2.75) is 13.5 Å². The first-order valence-corrected chi connectivity index (χ1v) is 7.45. The van der Waals surface area contributed by atoms with E-state index in [1.165, 1.54) is 12.1 Å². The summed E-state index contributed by atoms with van der Waals surface area (Å²) < 4.78 is 23.4. The fraction of sp³-hybridized carbons (Fsp3) is 0.158. The Morgan fingerprint density at radius 2 is 1.83 bits per heavy atom. The number of carbonyl (C=O) groups excluding carboxylic acids is 2. The predicted molar refractivity (Wildman–Crippen MR) is 87.6 cm³/mol. The first-order valence-electron chi connectivity index (χ1n) is 7.45. The summed E-state index contributed by atoms with van der Waals surface area (Å²) in [6.07, 6.45) is 2.49. The van der Waals surface area contributed by atoms with Crippen molar-refractivity contribution in [1.29, 1.82) is 0 Å². The Labute approximate surface area is 139 Å². The van der Waals surface area contributed by atoms with Crippen LogP contribution >= 0.6 is 0 Å². The van der Waals surface area contributed by atoms with Gasteiger partial charge in [-0.1, -0.05) is 30.3 Å². The van der Waals surface area contributed by atoms with Crippen molar-refractivity contribution in [2.75, 3.05) is 6.61 Å². The molecular weight excluding hydrogens is 311 g/mol. The van der Waals surface area contributed by atoms with Crippen LogP contribution in [0, 0.1) is 5.82 Å². The van der Waals surface area contributed by atoms with Crippen molar-refractivity contribution in [1.82, 2.24) is 0 Å². The summed E-state index contributed by atoms with van der Waals surface area (Å²) in [5.41, 5.74) is 1.30. The van der Waals surface area contributed by atoms with Crippen molar-refractivity contribution in [3.8, 4) is 0 Å². The van der Waals surface area contributed by atoms with Gasteiger partial charge in [-0.2, -0.15) is 0 Å². The summed E-state index contributed by atoms with van der Waals surface area (Å²) in [5, 5.41) is 0. The van der Waals surface area contributed by atoms with Gasteiger partial charge in [0, 0.05) is 6.08 Å². The monoisotopic (exact) mass is 328 g/mol. The van der Waals surface area contributed by atoms with Crippen molar-refractivity contribution in [3.05, 3.63) is 77.1 Å². The van der Waals surface area contributed by atoms with Gasteiger partial charge in [-0.05, 0) is 42.3 Å². The molecule has 4 nitrogen and oxygen atoms in total. The molecule has 0 bridgehead atoms. The fourth-order valence-corrected chi connectivity index (χ4v) is 2.00. The molecule has 0 radical (unpaired) electrons. The minimum atomic E-state index is -0.585. The standard InChI is InChI=1S/C19H17FO4/c1-2-23-19(22)17-10-9-16(20)12-15(17)8-11-18(21)24-13-14-6-4-3-5-7-14/h3-12H,2,13H2,1H3/b11-8+. The molecule has 0 saturated carbocycles. The van der Waals surface area contributed by atoms with E-state index in [0.29, 0.717) is 0 Å². The summed E-state index contributed by atoms with van der Waals surface area (Å²) >= 11 is 0. The van der Waals surface area contributed by atoms with Gasteiger partial charge in [-0.15, -0.1) is 0 Å². The summed E-state index contributed by atoms with van der Waals surface area (Å²) in [7, 11) is 0. The average Bonchev–Trinajstić information content (AvgIpc) is 2.59. The number of hydrogen-bond donors (Lipinski definition) is 0. The zero-order valence-electron chi connectivity index (χ0n) is 13.2. The summed E-state index contributed by atoms with van der Waals surface area (Å²) in [4.78, 5) is 23.6. The molecule has 0 saturated heterocycles. The maximum Gasteiger partial charge on any atom is 0.338 e. The average molecular weight is 328 g/mol. The molecule has 24 heavy (non-hydrogen) atoms. The van der Waals surface area contributed by atoms with Gasteiger partial charge >= 0.3 is 11.9 Å². The van der Waals surface area contributed by atoms with Crippen LogP contribution in [0.3, 0.4) is 0 Å². The number of esters is 2. The lowest BCUT2D eigenvalue weighted by Crippen LogP contribution is -2.07. The van der Waals surface area contributed by atoms with Gasteiger partial charge in [0.15, 0.2) is 0 Å². The van der Waals surface area contributed by atoms with Crippen LogP contribution in [0.4, 0.5) is 4.39 Å². The number of carbonyl (C=O) groups is 2. The molecule has 2 aromatic carbocycles. The number of ether oxygens (including phenoxy) is 2. The Bertz CT molecular complexity index is 738. The molecule has 0 aliphatic heterocycles.